The molecular formula is C24H22ClN3O2S. The minimum atomic E-state index is -0.479. The minimum Gasteiger partial charge on any atom is -0.342 e. The third-order valence-electron chi connectivity index (χ3n) is 5.64. The zero-order chi connectivity index (χ0) is 22.3. The summed E-state index contributed by atoms with van der Waals surface area (Å²) in [5.41, 5.74) is 3.98. The Morgan fingerprint density at radius 1 is 1.00 bits per heavy atom. The summed E-state index contributed by atoms with van der Waals surface area (Å²) in [7, 11) is 0. The van der Waals surface area contributed by atoms with Crippen molar-refractivity contribution in [1.82, 2.24) is 5.32 Å². The molecule has 5 nitrogen and oxygen atoms in total. The molecule has 2 aromatic carbocycles. The molecule has 0 spiro atoms. The predicted octanol–water partition coefficient (Wildman–Crippen LogP) is 4.75. The number of hydrogen-bond acceptors (Lipinski definition) is 4. The number of thiocarbonyl (C=S) groups is 1. The molecule has 0 aliphatic carbocycles. The summed E-state index contributed by atoms with van der Waals surface area (Å²) in [6, 6.07) is 15.1. The van der Waals surface area contributed by atoms with Gasteiger partial charge in [-0.3, -0.25) is 19.8 Å². The van der Waals surface area contributed by atoms with Crippen molar-refractivity contribution in [3.63, 3.8) is 0 Å². The molecule has 31 heavy (non-hydrogen) atoms. The van der Waals surface area contributed by atoms with E-state index in [1.807, 2.05) is 6.92 Å². The van der Waals surface area contributed by atoms with E-state index in [4.69, 9.17) is 23.8 Å². The Labute approximate surface area is 192 Å². The van der Waals surface area contributed by atoms with Crippen LogP contribution < -0.4 is 15.1 Å². The van der Waals surface area contributed by atoms with Gasteiger partial charge in [0.1, 0.15) is 5.57 Å². The predicted molar refractivity (Wildman–Crippen MR) is 128 cm³/mol. The van der Waals surface area contributed by atoms with Gasteiger partial charge >= 0.3 is 0 Å². The number of anilines is 2. The van der Waals surface area contributed by atoms with Gasteiger partial charge in [-0.25, -0.2) is 0 Å². The summed E-state index contributed by atoms with van der Waals surface area (Å²) in [4.78, 5) is 29.4. The van der Waals surface area contributed by atoms with Gasteiger partial charge in [-0.15, -0.1) is 0 Å². The second-order valence-electron chi connectivity index (χ2n) is 7.79. The van der Waals surface area contributed by atoms with Crippen molar-refractivity contribution in [3.05, 3.63) is 82.5 Å². The maximum absolute atomic E-state index is 13.2. The second kappa shape index (κ2) is 8.29. The second-order valence-corrected chi connectivity index (χ2v) is 8.61. The molecule has 2 atom stereocenters. The zero-order valence-corrected chi connectivity index (χ0v) is 19.0. The quantitative estimate of drug-likeness (QED) is 0.415. The van der Waals surface area contributed by atoms with Crippen LogP contribution in [0.4, 0.5) is 11.4 Å². The Morgan fingerprint density at radius 3 is 2.26 bits per heavy atom. The molecule has 2 aliphatic heterocycles. The fraction of sp³-hybridized carbons (Fsp3) is 0.208. The summed E-state index contributed by atoms with van der Waals surface area (Å²) >= 11 is 11.2. The lowest BCUT2D eigenvalue weighted by molar-refractivity contribution is -0.122. The monoisotopic (exact) mass is 451 g/mol. The van der Waals surface area contributed by atoms with Crippen molar-refractivity contribution < 1.29 is 9.59 Å². The summed E-state index contributed by atoms with van der Waals surface area (Å²) in [6.07, 6.45) is 3.82. The van der Waals surface area contributed by atoms with Crippen LogP contribution in [0.2, 0.25) is 5.02 Å². The number of allylic oxidation sites excluding steroid dienone is 1. The summed E-state index contributed by atoms with van der Waals surface area (Å²) < 4.78 is 0. The highest BCUT2D eigenvalue weighted by Gasteiger charge is 2.37. The number of aryl methyl sites for hydroxylation is 1. The Hall–Kier alpha value is -2.96. The van der Waals surface area contributed by atoms with Crippen LogP contribution in [0.25, 0.3) is 0 Å². The van der Waals surface area contributed by atoms with Gasteiger partial charge in [-0.1, -0.05) is 41.4 Å². The molecule has 0 aromatic heterocycles. The van der Waals surface area contributed by atoms with Crippen LogP contribution in [-0.4, -0.2) is 23.0 Å². The largest absolute Gasteiger partial charge is 0.342 e. The van der Waals surface area contributed by atoms with Gasteiger partial charge in [-0.05, 0) is 69.4 Å². The highest BCUT2D eigenvalue weighted by atomic mass is 35.5. The number of hydrogen-bond donors (Lipinski definition) is 1. The summed E-state index contributed by atoms with van der Waals surface area (Å²) in [5, 5.41) is 3.24. The first kappa shape index (κ1) is 21.3. The Morgan fingerprint density at radius 2 is 1.61 bits per heavy atom. The van der Waals surface area contributed by atoms with Gasteiger partial charge in [0.2, 0.25) is 0 Å². The third kappa shape index (κ3) is 4.01. The van der Waals surface area contributed by atoms with E-state index in [0.717, 1.165) is 11.4 Å². The van der Waals surface area contributed by atoms with Crippen LogP contribution in [0.3, 0.4) is 0 Å². The molecule has 1 saturated heterocycles. The number of amides is 2. The van der Waals surface area contributed by atoms with Crippen molar-refractivity contribution in [1.29, 1.82) is 0 Å². The van der Waals surface area contributed by atoms with E-state index in [-0.39, 0.29) is 22.6 Å². The van der Waals surface area contributed by atoms with E-state index in [9.17, 15) is 9.59 Å². The first-order valence-electron chi connectivity index (χ1n) is 9.98. The van der Waals surface area contributed by atoms with Crippen LogP contribution in [0.5, 0.6) is 0 Å². The van der Waals surface area contributed by atoms with E-state index < -0.39 is 11.8 Å². The number of halogens is 1. The summed E-state index contributed by atoms with van der Waals surface area (Å²) in [6.45, 7) is 6.17. The van der Waals surface area contributed by atoms with Crippen molar-refractivity contribution in [2.75, 3.05) is 9.80 Å². The lowest BCUT2D eigenvalue weighted by Crippen LogP contribution is -2.54. The molecule has 2 heterocycles. The van der Waals surface area contributed by atoms with E-state index in [0.29, 0.717) is 10.7 Å². The first-order valence-corrected chi connectivity index (χ1v) is 10.8. The highest BCUT2D eigenvalue weighted by Crippen LogP contribution is 2.34. The Balaban J connectivity index is 1.64. The zero-order valence-electron chi connectivity index (χ0n) is 17.4. The number of rotatable bonds is 3. The van der Waals surface area contributed by atoms with E-state index in [2.05, 4.69) is 54.4 Å². The molecule has 1 N–H and O–H groups in total. The average Bonchev–Trinajstić information content (AvgIpc) is 3.00. The molecule has 2 unspecified atom stereocenters. The van der Waals surface area contributed by atoms with Gasteiger partial charge in [0.15, 0.2) is 5.11 Å². The summed E-state index contributed by atoms with van der Waals surface area (Å²) in [5.74, 6) is -1.03. The lowest BCUT2D eigenvalue weighted by atomic mass is 9.97. The Bertz CT molecular complexity index is 1120. The smallest absolute Gasteiger partial charge is 0.269 e. The molecule has 0 saturated carbocycles. The number of benzene rings is 2. The van der Waals surface area contributed by atoms with E-state index in [1.165, 1.54) is 10.5 Å². The topological polar surface area (TPSA) is 52.7 Å². The molecule has 158 valence electrons. The van der Waals surface area contributed by atoms with Gasteiger partial charge in [0.05, 0.1) is 5.69 Å². The molecular weight excluding hydrogens is 430 g/mol. The molecule has 0 radical (unpaired) electrons. The van der Waals surface area contributed by atoms with Gasteiger partial charge in [0.25, 0.3) is 11.8 Å². The number of carbonyl (C=O) groups excluding carboxylic acids is 2. The molecule has 7 heteroatoms. The van der Waals surface area contributed by atoms with Crippen LogP contribution in [0.1, 0.15) is 19.4 Å². The van der Waals surface area contributed by atoms with Crippen LogP contribution in [-0.2, 0) is 9.59 Å². The molecule has 1 fully saturated rings. The number of nitrogens with one attached hydrogen (secondary N) is 1. The van der Waals surface area contributed by atoms with Crippen LogP contribution >= 0.6 is 23.8 Å². The SMILES string of the molecule is CC1=CC(/C=C2\C(=O)NC(=S)N(c3ccc(Cl)cc3)C2=O)C(C)N1c1ccc(C)cc1. The normalized spacial score (nSPS) is 22.8. The van der Waals surface area contributed by atoms with Gasteiger partial charge < -0.3 is 4.90 Å². The van der Waals surface area contributed by atoms with E-state index >= 15 is 0 Å². The third-order valence-corrected chi connectivity index (χ3v) is 6.17. The minimum absolute atomic E-state index is 0.0497. The van der Waals surface area contributed by atoms with Gasteiger partial charge in [-0.2, -0.15) is 0 Å². The number of nitrogens with zero attached hydrogens (tertiary/aromatic N) is 2. The maximum Gasteiger partial charge on any atom is 0.269 e. The van der Waals surface area contributed by atoms with Crippen molar-refractivity contribution in [2.24, 2.45) is 5.92 Å². The fourth-order valence-corrected chi connectivity index (χ4v) is 4.42. The Kier molecular flexibility index (Phi) is 5.69. The van der Waals surface area contributed by atoms with Crippen molar-refractivity contribution in [3.8, 4) is 0 Å². The molecule has 2 aromatic rings. The standard InChI is InChI=1S/C24H22ClN3O2S/c1-14-4-8-19(9-5-14)27-15(2)12-17(16(27)3)13-21-22(29)26-24(31)28(23(21)30)20-10-6-18(25)7-11-20/h4-13,16-17H,1-3H3,(H,26,29,31)/b21-13+. The van der Waals surface area contributed by atoms with Crippen LogP contribution in [0.15, 0.2) is 72.0 Å². The molecule has 2 aliphatic rings. The van der Waals surface area contributed by atoms with E-state index in [1.54, 1.807) is 30.3 Å². The number of carbonyl (C=O) groups is 2. The van der Waals surface area contributed by atoms with Gasteiger partial charge in [0, 0.05) is 28.4 Å². The molecule has 0 bridgehead atoms. The molecule has 2 amide bonds. The average molecular weight is 452 g/mol. The lowest BCUT2D eigenvalue weighted by Gasteiger charge is -2.31. The maximum atomic E-state index is 13.2. The fourth-order valence-electron chi connectivity index (χ4n) is 4.02. The molecule has 4 rings (SSSR count). The first-order chi connectivity index (χ1) is 14.8. The highest BCUT2D eigenvalue weighted by molar-refractivity contribution is 7.80. The van der Waals surface area contributed by atoms with Crippen LogP contribution in [0, 0.1) is 12.8 Å². The van der Waals surface area contributed by atoms with Crippen molar-refractivity contribution in [2.45, 2.75) is 26.8 Å². The van der Waals surface area contributed by atoms with Crippen molar-refractivity contribution >= 4 is 52.1 Å².